The summed E-state index contributed by atoms with van der Waals surface area (Å²) < 4.78 is 5.31. The number of H-pyrrole nitrogens is 1. The fraction of sp³-hybridized carbons (Fsp3) is 0.643. The maximum absolute atomic E-state index is 12.3. The van der Waals surface area contributed by atoms with E-state index in [2.05, 4.69) is 15.3 Å². The lowest BCUT2D eigenvalue weighted by Gasteiger charge is -2.36. The van der Waals surface area contributed by atoms with Gasteiger partial charge < -0.3 is 25.0 Å². The van der Waals surface area contributed by atoms with Crippen LogP contribution in [0.3, 0.4) is 0 Å². The van der Waals surface area contributed by atoms with Crippen molar-refractivity contribution in [2.75, 3.05) is 20.2 Å². The zero-order chi connectivity index (χ0) is 17.1. The molecule has 0 unspecified atom stereocenters. The van der Waals surface area contributed by atoms with E-state index >= 15 is 0 Å². The van der Waals surface area contributed by atoms with Crippen LogP contribution in [0.15, 0.2) is 0 Å². The first-order chi connectivity index (χ1) is 10.8. The number of ether oxygens (including phenoxy) is 1. The highest BCUT2D eigenvalue weighted by Crippen LogP contribution is 2.21. The van der Waals surface area contributed by atoms with Crippen LogP contribution in [0.25, 0.3) is 0 Å². The Kier molecular flexibility index (Phi) is 5.48. The topological polar surface area (TPSA) is 108 Å². The average Bonchev–Trinajstić information content (AvgIpc) is 2.89. The predicted molar refractivity (Wildman–Crippen MR) is 84.0 cm³/mol. The summed E-state index contributed by atoms with van der Waals surface area (Å²) in [5.74, 6) is -0.106. The van der Waals surface area contributed by atoms with Crippen molar-refractivity contribution in [1.29, 1.82) is 0 Å². The van der Waals surface area contributed by atoms with Crippen molar-refractivity contribution < 1.29 is 19.4 Å². The normalized spacial score (nSPS) is 21.5. The van der Waals surface area contributed by atoms with Gasteiger partial charge in [-0.1, -0.05) is 25.4 Å². The molecule has 8 nitrogen and oxygen atoms in total. The van der Waals surface area contributed by atoms with Gasteiger partial charge in [-0.15, -0.1) is 0 Å². The molecule has 2 amide bonds. The molecular formula is C14H21ClN4O4. The van der Waals surface area contributed by atoms with Crippen LogP contribution in [0.5, 0.6) is 0 Å². The molecule has 1 aromatic heterocycles. The highest BCUT2D eigenvalue weighted by Gasteiger charge is 2.33. The van der Waals surface area contributed by atoms with Crippen LogP contribution in [-0.2, 0) is 4.74 Å². The Bertz CT molecular complexity index is 589. The highest BCUT2D eigenvalue weighted by atomic mass is 35.5. The van der Waals surface area contributed by atoms with Gasteiger partial charge in [-0.2, -0.15) is 0 Å². The van der Waals surface area contributed by atoms with E-state index in [9.17, 15) is 9.59 Å². The van der Waals surface area contributed by atoms with Gasteiger partial charge in [-0.3, -0.25) is 4.79 Å². The van der Waals surface area contributed by atoms with E-state index in [0.29, 0.717) is 18.7 Å². The van der Waals surface area contributed by atoms with Crippen LogP contribution in [0.2, 0.25) is 5.15 Å². The molecule has 0 aromatic carbocycles. The molecule has 1 aliphatic heterocycles. The number of halogens is 1. The summed E-state index contributed by atoms with van der Waals surface area (Å²) >= 11 is 6.02. The SMILES string of the molecule is CO[C@@H]1CN(C(=O)O)CC[C@@H]1NC(=O)c1nc(Cl)c(C(C)C)[nH]1. The molecule has 0 bridgehead atoms. The molecule has 1 saturated heterocycles. The van der Waals surface area contributed by atoms with Crippen molar-refractivity contribution in [2.24, 2.45) is 0 Å². The standard InChI is InChI=1S/C14H21ClN4O4/c1-7(2)10-11(15)18-12(17-10)13(20)16-8-4-5-19(14(21)22)6-9(8)23-3/h7-9H,4-6H2,1-3H3,(H,16,20)(H,17,18)(H,21,22)/t8-,9+/m0/s1. The molecule has 1 aromatic rings. The van der Waals surface area contributed by atoms with Gasteiger partial charge in [0.15, 0.2) is 11.0 Å². The molecule has 2 atom stereocenters. The van der Waals surface area contributed by atoms with E-state index in [1.165, 1.54) is 12.0 Å². The molecule has 1 aliphatic rings. The monoisotopic (exact) mass is 344 g/mol. The largest absolute Gasteiger partial charge is 0.465 e. The van der Waals surface area contributed by atoms with E-state index in [4.69, 9.17) is 21.4 Å². The molecule has 2 heterocycles. The Balaban J connectivity index is 2.05. The van der Waals surface area contributed by atoms with E-state index in [1.807, 2.05) is 13.8 Å². The summed E-state index contributed by atoms with van der Waals surface area (Å²) in [6.45, 7) is 4.45. The molecule has 0 saturated carbocycles. The number of carbonyl (C=O) groups excluding carboxylic acids is 1. The zero-order valence-corrected chi connectivity index (χ0v) is 14.1. The molecule has 23 heavy (non-hydrogen) atoms. The van der Waals surface area contributed by atoms with Crippen LogP contribution in [-0.4, -0.2) is 64.3 Å². The van der Waals surface area contributed by atoms with E-state index in [1.54, 1.807) is 0 Å². The maximum atomic E-state index is 12.3. The van der Waals surface area contributed by atoms with Gasteiger partial charge in [0, 0.05) is 13.7 Å². The molecule has 1 fully saturated rings. The Hall–Kier alpha value is -1.80. The molecule has 3 N–H and O–H groups in total. The van der Waals surface area contributed by atoms with E-state index < -0.39 is 12.2 Å². The Labute approximate surface area is 139 Å². The minimum absolute atomic E-state index is 0.127. The number of amides is 2. The fourth-order valence-electron chi connectivity index (χ4n) is 2.59. The minimum Gasteiger partial charge on any atom is -0.465 e. The lowest BCUT2D eigenvalue weighted by Crippen LogP contribution is -2.55. The number of rotatable bonds is 4. The number of aromatic nitrogens is 2. The molecular weight excluding hydrogens is 324 g/mol. The van der Waals surface area contributed by atoms with Gasteiger partial charge in [0.2, 0.25) is 0 Å². The second-order valence-corrected chi connectivity index (χ2v) is 6.17. The molecule has 128 valence electrons. The summed E-state index contributed by atoms with van der Waals surface area (Å²) in [5, 5.41) is 12.2. The predicted octanol–water partition coefficient (Wildman–Crippen LogP) is 1.68. The van der Waals surface area contributed by atoms with Crippen LogP contribution in [0, 0.1) is 0 Å². The fourth-order valence-corrected chi connectivity index (χ4v) is 2.94. The quantitative estimate of drug-likeness (QED) is 0.770. The average molecular weight is 345 g/mol. The van der Waals surface area contributed by atoms with Crippen molar-refractivity contribution in [1.82, 2.24) is 20.2 Å². The Morgan fingerprint density at radius 2 is 2.22 bits per heavy atom. The Morgan fingerprint density at radius 1 is 1.52 bits per heavy atom. The van der Waals surface area contributed by atoms with E-state index in [0.717, 1.165) is 0 Å². The van der Waals surface area contributed by atoms with Crippen LogP contribution in [0.1, 0.15) is 42.5 Å². The third-order valence-electron chi connectivity index (χ3n) is 3.93. The van der Waals surface area contributed by atoms with E-state index in [-0.39, 0.29) is 35.4 Å². The molecule has 9 heteroatoms. The second kappa shape index (κ2) is 7.18. The van der Waals surface area contributed by atoms with Crippen LogP contribution in [0.4, 0.5) is 4.79 Å². The molecule has 2 rings (SSSR count). The summed E-state index contributed by atoms with van der Waals surface area (Å²) in [5.41, 5.74) is 0.709. The number of carboxylic acid groups (broad SMARTS) is 1. The number of piperidine rings is 1. The lowest BCUT2D eigenvalue weighted by atomic mass is 10.0. The van der Waals surface area contributed by atoms with Crippen molar-refractivity contribution >= 4 is 23.6 Å². The summed E-state index contributed by atoms with van der Waals surface area (Å²) in [6, 6.07) is -0.283. The van der Waals surface area contributed by atoms with Gasteiger partial charge in [-0.05, 0) is 12.3 Å². The number of likely N-dealkylation sites (tertiary alicyclic amines) is 1. The number of hydrogen-bond donors (Lipinski definition) is 3. The van der Waals surface area contributed by atoms with Gasteiger partial charge in [0.1, 0.15) is 0 Å². The number of imidazole rings is 1. The zero-order valence-electron chi connectivity index (χ0n) is 13.3. The summed E-state index contributed by atoms with van der Waals surface area (Å²) in [4.78, 5) is 31.6. The third kappa shape index (κ3) is 3.94. The second-order valence-electron chi connectivity index (χ2n) is 5.82. The van der Waals surface area contributed by atoms with Crippen LogP contribution >= 0.6 is 11.6 Å². The first-order valence-electron chi connectivity index (χ1n) is 7.40. The number of methoxy groups -OCH3 is 1. The number of hydrogen-bond acceptors (Lipinski definition) is 4. The molecule has 0 radical (unpaired) electrons. The number of carbonyl (C=O) groups is 2. The van der Waals surface area contributed by atoms with Gasteiger partial charge in [0.05, 0.1) is 24.4 Å². The molecule has 0 spiro atoms. The van der Waals surface area contributed by atoms with Gasteiger partial charge in [0.25, 0.3) is 5.91 Å². The number of aromatic amines is 1. The lowest BCUT2D eigenvalue weighted by molar-refractivity contribution is 0.0100. The first-order valence-corrected chi connectivity index (χ1v) is 7.78. The van der Waals surface area contributed by atoms with Crippen LogP contribution < -0.4 is 5.32 Å². The smallest absolute Gasteiger partial charge is 0.407 e. The van der Waals surface area contributed by atoms with Crippen molar-refractivity contribution in [2.45, 2.75) is 38.3 Å². The Morgan fingerprint density at radius 3 is 2.74 bits per heavy atom. The van der Waals surface area contributed by atoms with Gasteiger partial charge >= 0.3 is 6.09 Å². The highest BCUT2D eigenvalue weighted by molar-refractivity contribution is 6.30. The summed E-state index contributed by atoms with van der Waals surface area (Å²) in [7, 11) is 1.50. The van der Waals surface area contributed by atoms with Crippen molar-refractivity contribution in [3.8, 4) is 0 Å². The third-order valence-corrected chi connectivity index (χ3v) is 4.21. The number of nitrogens with one attached hydrogen (secondary N) is 2. The van der Waals surface area contributed by atoms with Crippen molar-refractivity contribution in [3.05, 3.63) is 16.7 Å². The maximum Gasteiger partial charge on any atom is 0.407 e. The minimum atomic E-state index is -0.990. The number of nitrogens with zero attached hydrogens (tertiary/aromatic N) is 2. The molecule has 0 aliphatic carbocycles. The van der Waals surface area contributed by atoms with Gasteiger partial charge in [-0.25, -0.2) is 9.78 Å². The van der Waals surface area contributed by atoms with Crippen molar-refractivity contribution in [3.63, 3.8) is 0 Å². The summed E-state index contributed by atoms with van der Waals surface area (Å²) in [6.07, 6.45) is -0.919. The first kappa shape index (κ1) is 17.6.